The molecule has 0 saturated carbocycles. The third-order valence-corrected chi connectivity index (χ3v) is 5.40. The number of aromatic nitrogens is 1. The van der Waals surface area contributed by atoms with Gasteiger partial charge in [0.2, 0.25) is 0 Å². The number of carbonyl (C=O) groups is 3. The Kier molecular flexibility index (Phi) is 4.82. The summed E-state index contributed by atoms with van der Waals surface area (Å²) >= 11 is 3.50. The normalized spacial score (nSPS) is 16.8. The lowest BCUT2D eigenvalue weighted by molar-refractivity contribution is -0.141. The highest BCUT2D eigenvalue weighted by atomic mass is 79.9. The second-order valence-electron chi connectivity index (χ2n) is 7.56. The fourth-order valence-electron chi connectivity index (χ4n) is 3.50. The van der Waals surface area contributed by atoms with Crippen LogP contribution in [-0.2, 0) is 16.8 Å². The van der Waals surface area contributed by atoms with E-state index in [1.165, 1.54) is 24.3 Å². The van der Waals surface area contributed by atoms with Crippen molar-refractivity contribution in [3.63, 3.8) is 0 Å². The average Bonchev–Trinajstić information content (AvgIpc) is 2.87. The number of fused-ring (bicyclic) bond motifs is 1. The molecule has 1 aliphatic heterocycles. The third-order valence-electron chi connectivity index (χ3n) is 4.65. The molecule has 1 amide bonds. The molecule has 0 spiro atoms. The van der Waals surface area contributed by atoms with Gasteiger partial charge < -0.3 is 14.8 Å². The molecule has 2 aromatic rings. The highest BCUT2D eigenvalue weighted by Crippen LogP contribution is 2.42. The van der Waals surface area contributed by atoms with Gasteiger partial charge in [0.15, 0.2) is 11.8 Å². The number of rotatable bonds is 2. The van der Waals surface area contributed by atoms with Gasteiger partial charge in [0.05, 0.1) is 16.8 Å². The summed E-state index contributed by atoms with van der Waals surface area (Å²) in [5.41, 5.74) is 1.08. The molecule has 2 N–H and O–H groups in total. The van der Waals surface area contributed by atoms with Crippen molar-refractivity contribution in [2.75, 3.05) is 0 Å². The summed E-state index contributed by atoms with van der Waals surface area (Å²) in [6.07, 6.45) is -1.51. The van der Waals surface area contributed by atoms with E-state index in [4.69, 9.17) is 0 Å². The molecule has 1 aliphatic rings. The van der Waals surface area contributed by atoms with E-state index in [1.807, 2.05) is 20.8 Å². The van der Waals surface area contributed by atoms with E-state index < -0.39 is 35.1 Å². The largest absolute Gasteiger partial charge is 0.479 e. The van der Waals surface area contributed by atoms with Gasteiger partial charge in [-0.3, -0.25) is 9.69 Å². The van der Waals surface area contributed by atoms with Crippen LogP contribution in [0.25, 0.3) is 5.69 Å². The molecule has 1 unspecified atom stereocenters. The van der Waals surface area contributed by atoms with E-state index >= 15 is 0 Å². The zero-order valence-electron chi connectivity index (χ0n) is 15.4. The highest BCUT2D eigenvalue weighted by molar-refractivity contribution is 9.10. The summed E-state index contributed by atoms with van der Waals surface area (Å²) in [5, 5.41) is 19.0. The summed E-state index contributed by atoms with van der Waals surface area (Å²) in [6.45, 7) is 5.32. The first-order chi connectivity index (χ1) is 12.9. The van der Waals surface area contributed by atoms with Crippen LogP contribution in [0.2, 0.25) is 0 Å². The molecule has 2 heterocycles. The van der Waals surface area contributed by atoms with E-state index in [9.17, 15) is 29.0 Å². The Labute approximate surface area is 168 Å². The number of hydrogen-bond donors (Lipinski definition) is 2. The van der Waals surface area contributed by atoms with Gasteiger partial charge in [-0.05, 0) is 45.6 Å². The van der Waals surface area contributed by atoms with Gasteiger partial charge in [0.1, 0.15) is 5.82 Å². The molecule has 0 bridgehead atoms. The van der Waals surface area contributed by atoms with Gasteiger partial charge in [0, 0.05) is 16.8 Å². The van der Waals surface area contributed by atoms with Crippen LogP contribution < -0.4 is 0 Å². The lowest BCUT2D eigenvalue weighted by Gasteiger charge is -2.31. The SMILES string of the molecule is CC(C)(C)c1c2c(n(-c3ccc(F)cc3)c1Br)CN(C(=O)O)C(C(=O)O)C2=O. The van der Waals surface area contributed by atoms with Gasteiger partial charge in [-0.15, -0.1) is 0 Å². The van der Waals surface area contributed by atoms with Crippen molar-refractivity contribution in [1.29, 1.82) is 0 Å². The lowest BCUT2D eigenvalue weighted by atomic mass is 9.82. The average molecular weight is 453 g/mol. The first kappa shape index (κ1) is 20.1. The number of aliphatic carboxylic acids is 1. The van der Waals surface area contributed by atoms with E-state index in [1.54, 1.807) is 4.57 Å². The summed E-state index contributed by atoms with van der Waals surface area (Å²) in [4.78, 5) is 37.0. The Morgan fingerprint density at radius 3 is 2.21 bits per heavy atom. The first-order valence-corrected chi connectivity index (χ1v) is 9.20. The smallest absolute Gasteiger partial charge is 0.408 e. The third kappa shape index (κ3) is 3.09. The number of halogens is 2. The molecular formula is C19H18BrFN2O5. The van der Waals surface area contributed by atoms with Crippen LogP contribution >= 0.6 is 15.9 Å². The number of amides is 1. The monoisotopic (exact) mass is 452 g/mol. The number of ketones is 1. The summed E-state index contributed by atoms with van der Waals surface area (Å²) in [5.74, 6) is -2.75. The molecule has 1 aromatic heterocycles. The minimum Gasteiger partial charge on any atom is -0.479 e. The summed E-state index contributed by atoms with van der Waals surface area (Å²) < 4.78 is 15.5. The maximum Gasteiger partial charge on any atom is 0.408 e. The van der Waals surface area contributed by atoms with Crippen molar-refractivity contribution in [3.8, 4) is 5.69 Å². The Bertz CT molecular complexity index is 991. The maximum atomic E-state index is 13.4. The Morgan fingerprint density at radius 1 is 1.18 bits per heavy atom. The maximum absolute atomic E-state index is 13.4. The van der Waals surface area contributed by atoms with Crippen molar-refractivity contribution in [2.24, 2.45) is 0 Å². The topological polar surface area (TPSA) is 99.8 Å². The van der Waals surface area contributed by atoms with Crippen LogP contribution in [0, 0.1) is 5.82 Å². The Balaban J connectivity index is 2.36. The Morgan fingerprint density at radius 2 is 1.75 bits per heavy atom. The van der Waals surface area contributed by atoms with Crippen LogP contribution in [0.1, 0.15) is 42.4 Å². The summed E-state index contributed by atoms with van der Waals surface area (Å²) in [7, 11) is 0. The lowest BCUT2D eigenvalue weighted by Crippen LogP contribution is -2.52. The number of hydrogen-bond acceptors (Lipinski definition) is 3. The van der Waals surface area contributed by atoms with E-state index in [0.29, 0.717) is 26.4 Å². The van der Waals surface area contributed by atoms with Crippen molar-refractivity contribution < 1.29 is 29.0 Å². The fraction of sp³-hybridized carbons (Fsp3) is 0.316. The number of benzene rings is 1. The highest BCUT2D eigenvalue weighted by Gasteiger charge is 2.46. The van der Waals surface area contributed by atoms with Crippen molar-refractivity contribution in [1.82, 2.24) is 9.47 Å². The van der Waals surface area contributed by atoms with E-state index in [0.717, 1.165) is 0 Å². The zero-order chi connectivity index (χ0) is 21.0. The molecular weight excluding hydrogens is 435 g/mol. The van der Waals surface area contributed by atoms with Crippen LogP contribution in [-0.4, -0.2) is 43.6 Å². The fourth-order valence-corrected chi connectivity index (χ4v) is 4.71. The molecule has 3 rings (SSSR count). The van der Waals surface area contributed by atoms with Crippen LogP contribution in [0.3, 0.4) is 0 Å². The second kappa shape index (κ2) is 6.73. The minimum atomic E-state index is -1.82. The van der Waals surface area contributed by atoms with Crippen LogP contribution in [0.4, 0.5) is 9.18 Å². The predicted molar refractivity (Wildman–Crippen MR) is 101 cm³/mol. The van der Waals surface area contributed by atoms with Gasteiger partial charge in [0.25, 0.3) is 0 Å². The number of nitrogens with zero attached hydrogens (tertiary/aromatic N) is 2. The van der Waals surface area contributed by atoms with Gasteiger partial charge in [-0.1, -0.05) is 20.8 Å². The molecule has 1 atom stereocenters. The number of carboxylic acid groups (broad SMARTS) is 2. The molecule has 1 aromatic carbocycles. The number of Topliss-reactive ketones (excluding diaryl/α,β-unsaturated/α-hetero) is 1. The predicted octanol–water partition coefficient (Wildman–Crippen LogP) is 3.81. The van der Waals surface area contributed by atoms with E-state index in [-0.39, 0.29) is 12.1 Å². The van der Waals surface area contributed by atoms with Crippen molar-refractivity contribution in [3.05, 3.63) is 51.5 Å². The summed E-state index contributed by atoms with van der Waals surface area (Å²) in [6, 6.07) is 3.70. The van der Waals surface area contributed by atoms with Gasteiger partial charge >= 0.3 is 12.1 Å². The molecule has 0 saturated heterocycles. The molecule has 7 nitrogen and oxygen atoms in total. The number of carbonyl (C=O) groups excluding carboxylic acids is 1. The minimum absolute atomic E-state index is 0.189. The molecule has 9 heteroatoms. The van der Waals surface area contributed by atoms with Crippen LogP contribution in [0.5, 0.6) is 0 Å². The molecule has 0 aliphatic carbocycles. The quantitative estimate of drug-likeness (QED) is 0.674. The number of carboxylic acids is 1. The van der Waals surface area contributed by atoms with E-state index in [2.05, 4.69) is 15.9 Å². The molecule has 148 valence electrons. The molecule has 0 radical (unpaired) electrons. The standard InChI is InChI=1S/C19H18BrFN2O5/c1-19(2,3)13-12-11(8-22(18(27)28)14(15(12)24)17(25)26)23(16(13)20)10-6-4-9(21)5-7-10/h4-7,14H,8H2,1-3H3,(H,25,26)(H,27,28). The molecule has 0 fully saturated rings. The Hall–Kier alpha value is -2.68. The van der Waals surface area contributed by atoms with Gasteiger partial charge in [-0.2, -0.15) is 0 Å². The zero-order valence-corrected chi connectivity index (χ0v) is 16.9. The first-order valence-electron chi connectivity index (χ1n) is 8.41. The van der Waals surface area contributed by atoms with Crippen molar-refractivity contribution in [2.45, 2.75) is 38.8 Å². The van der Waals surface area contributed by atoms with Crippen LogP contribution in [0.15, 0.2) is 28.9 Å². The van der Waals surface area contributed by atoms with Gasteiger partial charge in [-0.25, -0.2) is 14.0 Å². The van der Waals surface area contributed by atoms with Crippen molar-refractivity contribution >= 4 is 33.8 Å². The second-order valence-corrected chi connectivity index (χ2v) is 8.32. The molecule has 28 heavy (non-hydrogen) atoms.